The van der Waals surface area contributed by atoms with Crippen molar-refractivity contribution >= 4 is 27.5 Å². The van der Waals surface area contributed by atoms with Gasteiger partial charge in [-0.3, -0.25) is 13.9 Å². The number of rotatable bonds is 12. The normalized spacial score (nSPS) is 13.1. The van der Waals surface area contributed by atoms with E-state index >= 15 is 0 Å². The van der Waals surface area contributed by atoms with Crippen LogP contribution < -0.4 is 9.62 Å². The van der Waals surface area contributed by atoms with Gasteiger partial charge >= 0.3 is 0 Å². The van der Waals surface area contributed by atoms with Crippen LogP contribution in [0.15, 0.2) is 48.5 Å². The lowest BCUT2D eigenvalue weighted by atomic mass is 10.1. The molecular weight excluding hydrogens is 469 g/mol. The minimum absolute atomic E-state index is 0.0403. The predicted octanol–water partition coefficient (Wildman–Crippen LogP) is 3.88. The van der Waals surface area contributed by atoms with E-state index in [1.165, 1.54) is 17.0 Å². The SMILES string of the molecule is CCc1ccccc1N(CC(=O)N(Cc1ccc(F)cc1)[C@H](CC)C(=O)N[C@@H](C)CC)S(C)(=O)=O. The van der Waals surface area contributed by atoms with Gasteiger partial charge in [0.25, 0.3) is 0 Å². The average Bonchev–Trinajstić information content (AvgIpc) is 2.82. The van der Waals surface area contributed by atoms with Crippen molar-refractivity contribution in [2.45, 2.75) is 65.6 Å². The van der Waals surface area contributed by atoms with Gasteiger partial charge in [-0.1, -0.05) is 51.1 Å². The van der Waals surface area contributed by atoms with E-state index in [1.807, 2.05) is 32.9 Å². The number of aryl methyl sites for hydroxylation is 1. The molecule has 0 aliphatic rings. The number of nitrogens with one attached hydrogen (secondary N) is 1. The summed E-state index contributed by atoms with van der Waals surface area (Å²) in [5.41, 5.74) is 1.86. The molecule has 0 bridgehead atoms. The standard InChI is InChI=1S/C26H36FN3O4S/c1-6-19(4)28-26(32)23(8-3)29(17-20-13-15-22(27)16-14-20)25(31)18-30(35(5,33)34)24-12-10-9-11-21(24)7-2/h9-16,19,23H,6-8,17-18H2,1-5H3,(H,28,32)/t19-,23+/m0/s1. The fourth-order valence-corrected chi connectivity index (χ4v) is 4.68. The molecule has 0 radical (unpaired) electrons. The van der Waals surface area contributed by atoms with E-state index in [0.717, 1.165) is 22.5 Å². The smallest absolute Gasteiger partial charge is 0.244 e. The van der Waals surface area contributed by atoms with Crippen molar-refractivity contribution in [3.05, 3.63) is 65.5 Å². The monoisotopic (exact) mass is 505 g/mol. The second kappa shape index (κ2) is 12.7. The maximum absolute atomic E-state index is 13.7. The summed E-state index contributed by atoms with van der Waals surface area (Å²) >= 11 is 0. The van der Waals surface area contributed by atoms with Gasteiger partial charge in [0, 0.05) is 12.6 Å². The molecule has 0 heterocycles. The third-order valence-corrected chi connectivity index (χ3v) is 7.10. The van der Waals surface area contributed by atoms with E-state index in [2.05, 4.69) is 5.32 Å². The van der Waals surface area contributed by atoms with E-state index in [9.17, 15) is 22.4 Å². The molecule has 0 spiro atoms. The summed E-state index contributed by atoms with van der Waals surface area (Å²) in [5, 5.41) is 2.92. The van der Waals surface area contributed by atoms with Gasteiger partial charge in [0.2, 0.25) is 21.8 Å². The van der Waals surface area contributed by atoms with E-state index < -0.39 is 34.3 Å². The summed E-state index contributed by atoms with van der Waals surface area (Å²) in [6.07, 6.45) is 2.71. The van der Waals surface area contributed by atoms with Crippen molar-refractivity contribution in [2.75, 3.05) is 17.1 Å². The number of sulfonamides is 1. The van der Waals surface area contributed by atoms with Gasteiger partial charge in [0.1, 0.15) is 18.4 Å². The molecule has 2 amide bonds. The minimum Gasteiger partial charge on any atom is -0.352 e. The van der Waals surface area contributed by atoms with E-state index in [0.29, 0.717) is 24.1 Å². The third-order valence-electron chi connectivity index (χ3n) is 5.97. The van der Waals surface area contributed by atoms with Crippen LogP contribution in [0.5, 0.6) is 0 Å². The fourth-order valence-electron chi connectivity index (χ4n) is 3.79. The van der Waals surface area contributed by atoms with Gasteiger partial charge < -0.3 is 10.2 Å². The molecule has 0 aliphatic carbocycles. The Bertz CT molecular complexity index is 1110. The molecule has 0 saturated heterocycles. The Morgan fingerprint density at radius 3 is 2.17 bits per heavy atom. The van der Waals surface area contributed by atoms with Crippen molar-refractivity contribution in [3.63, 3.8) is 0 Å². The van der Waals surface area contributed by atoms with E-state index in [-0.39, 0.29) is 18.5 Å². The maximum atomic E-state index is 13.7. The van der Waals surface area contributed by atoms with Crippen LogP contribution in [-0.2, 0) is 32.6 Å². The summed E-state index contributed by atoms with van der Waals surface area (Å²) in [6.45, 7) is 7.12. The highest BCUT2D eigenvalue weighted by Crippen LogP contribution is 2.24. The molecule has 0 fully saturated rings. The van der Waals surface area contributed by atoms with Crippen LogP contribution in [0.2, 0.25) is 0 Å². The molecule has 2 rings (SSSR count). The number of benzene rings is 2. The second-order valence-electron chi connectivity index (χ2n) is 8.64. The van der Waals surface area contributed by atoms with Crippen LogP contribution in [0.3, 0.4) is 0 Å². The first kappa shape index (κ1) is 28.3. The van der Waals surface area contributed by atoms with Crippen LogP contribution in [0.1, 0.15) is 51.7 Å². The quantitative estimate of drug-likeness (QED) is 0.474. The third kappa shape index (κ3) is 7.78. The molecule has 9 heteroatoms. The van der Waals surface area contributed by atoms with E-state index in [4.69, 9.17) is 0 Å². The molecule has 2 atom stereocenters. The minimum atomic E-state index is -3.80. The number of hydrogen-bond acceptors (Lipinski definition) is 4. The number of nitrogens with zero attached hydrogens (tertiary/aromatic N) is 2. The highest BCUT2D eigenvalue weighted by Gasteiger charge is 2.32. The zero-order valence-corrected chi connectivity index (χ0v) is 21.9. The summed E-state index contributed by atoms with van der Waals surface area (Å²) in [6, 6.07) is 11.8. The first-order chi connectivity index (χ1) is 16.5. The van der Waals surface area contributed by atoms with Gasteiger partial charge in [-0.15, -0.1) is 0 Å². The molecule has 0 aliphatic heterocycles. The van der Waals surface area contributed by atoms with Crippen molar-refractivity contribution < 1.29 is 22.4 Å². The number of amides is 2. The number of hydrogen-bond donors (Lipinski definition) is 1. The van der Waals surface area contributed by atoms with Crippen LogP contribution in [0.25, 0.3) is 0 Å². The number of carbonyl (C=O) groups is 2. The average molecular weight is 506 g/mol. The molecule has 192 valence electrons. The van der Waals surface area contributed by atoms with Gasteiger partial charge in [0.15, 0.2) is 0 Å². The first-order valence-electron chi connectivity index (χ1n) is 11.9. The topological polar surface area (TPSA) is 86.8 Å². The fraction of sp³-hybridized carbons (Fsp3) is 0.462. The zero-order chi connectivity index (χ0) is 26.2. The molecule has 2 aromatic carbocycles. The summed E-state index contributed by atoms with van der Waals surface area (Å²) in [4.78, 5) is 28.1. The van der Waals surface area contributed by atoms with Crippen LogP contribution in [-0.4, -0.2) is 50.0 Å². The largest absolute Gasteiger partial charge is 0.352 e. The highest BCUT2D eigenvalue weighted by molar-refractivity contribution is 7.92. The second-order valence-corrected chi connectivity index (χ2v) is 10.5. The Morgan fingerprint density at radius 1 is 1.00 bits per heavy atom. The lowest BCUT2D eigenvalue weighted by molar-refractivity contribution is -0.140. The van der Waals surface area contributed by atoms with Crippen molar-refractivity contribution in [1.82, 2.24) is 10.2 Å². The van der Waals surface area contributed by atoms with Gasteiger partial charge in [-0.2, -0.15) is 0 Å². The Morgan fingerprint density at radius 2 is 1.63 bits per heavy atom. The lowest BCUT2D eigenvalue weighted by Gasteiger charge is -2.33. The molecule has 0 aromatic heterocycles. The van der Waals surface area contributed by atoms with Crippen molar-refractivity contribution in [3.8, 4) is 0 Å². The molecule has 2 aromatic rings. The summed E-state index contributed by atoms with van der Waals surface area (Å²) < 4.78 is 40.0. The van der Waals surface area contributed by atoms with Crippen molar-refractivity contribution in [2.24, 2.45) is 0 Å². The maximum Gasteiger partial charge on any atom is 0.244 e. The Kier molecular flexibility index (Phi) is 10.2. The number of carbonyl (C=O) groups excluding carboxylic acids is 2. The van der Waals surface area contributed by atoms with Crippen LogP contribution in [0, 0.1) is 5.82 Å². The van der Waals surface area contributed by atoms with Crippen molar-refractivity contribution in [1.29, 1.82) is 0 Å². The summed E-state index contributed by atoms with van der Waals surface area (Å²) in [7, 11) is -3.80. The lowest BCUT2D eigenvalue weighted by Crippen LogP contribution is -2.53. The predicted molar refractivity (Wildman–Crippen MR) is 137 cm³/mol. The van der Waals surface area contributed by atoms with Gasteiger partial charge in [-0.05, 0) is 55.5 Å². The van der Waals surface area contributed by atoms with Gasteiger partial charge in [0.05, 0.1) is 11.9 Å². The first-order valence-corrected chi connectivity index (χ1v) is 13.8. The van der Waals surface area contributed by atoms with Crippen LogP contribution >= 0.6 is 0 Å². The summed E-state index contributed by atoms with van der Waals surface area (Å²) in [5.74, 6) is -1.23. The molecule has 7 nitrogen and oxygen atoms in total. The molecule has 0 unspecified atom stereocenters. The number of para-hydroxylation sites is 1. The number of anilines is 1. The zero-order valence-electron chi connectivity index (χ0n) is 21.1. The Hall–Kier alpha value is -2.94. The van der Waals surface area contributed by atoms with Crippen LogP contribution in [0.4, 0.5) is 10.1 Å². The van der Waals surface area contributed by atoms with Gasteiger partial charge in [-0.25, -0.2) is 12.8 Å². The highest BCUT2D eigenvalue weighted by atomic mass is 32.2. The molecule has 0 saturated carbocycles. The molecule has 1 N–H and O–H groups in total. The molecular formula is C26H36FN3O4S. The molecule has 35 heavy (non-hydrogen) atoms. The van der Waals surface area contributed by atoms with E-state index in [1.54, 1.807) is 31.2 Å². The number of halogens is 1. The Balaban J connectivity index is 2.46. The Labute approximate surface area is 208 Å².